The van der Waals surface area contributed by atoms with Gasteiger partial charge in [0.15, 0.2) is 11.5 Å². The molecule has 0 fully saturated rings. The Labute approximate surface area is 122 Å². The van der Waals surface area contributed by atoms with E-state index in [1.807, 2.05) is 6.07 Å². The van der Waals surface area contributed by atoms with Gasteiger partial charge in [-0.15, -0.1) is 0 Å². The molecule has 1 N–H and O–H groups in total. The Hall–Kier alpha value is -1.22. The quantitative estimate of drug-likeness (QED) is 0.864. The summed E-state index contributed by atoms with van der Waals surface area (Å²) in [5.41, 5.74) is 1.65. The van der Waals surface area contributed by atoms with E-state index in [1.165, 1.54) is 12.0 Å². The Morgan fingerprint density at radius 1 is 1.15 bits per heavy atom. The molecule has 112 valence electrons. The minimum absolute atomic E-state index is 0.320. The molecule has 1 heterocycles. The number of hydrogen-bond acceptors (Lipinski definition) is 3. The Bertz CT molecular complexity index is 429. The summed E-state index contributed by atoms with van der Waals surface area (Å²) in [6.45, 7) is 10.4. The summed E-state index contributed by atoms with van der Waals surface area (Å²) < 4.78 is 11.4. The smallest absolute Gasteiger partial charge is 0.161 e. The minimum Gasteiger partial charge on any atom is -0.490 e. The van der Waals surface area contributed by atoms with E-state index in [0.29, 0.717) is 5.41 Å². The van der Waals surface area contributed by atoms with Crippen LogP contribution in [0.3, 0.4) is 0 Å². The largest absolute Gasteiger partial charge is 0.490 e. The van der Waals surface area contributed by atoms with Crippen LogP contribution in [0.1, 0.15) is 39.2 Å². The Balaban J connectivity index is 1.95. The molecule has 0 aliphatic carbocycles. The molecule has 3 nitrogen and oxygen atoms in total. The van der Waals surface area contributed by atoms with Gasteiger partial charge < -0.3 is 14.8 Å². The summed E-state index contributed by atoms with van der Waals surface area (Å²) in [5, 5.41) is 3.44. The van der Waals surface area contributed by atoms with Crippen LogP contribution in [-0.2, 0) is 6.42 Å². The Morgan fingerprint density at radius 3 is 2.65 bits per heavy atom. The molecule has 0 unspecified atom stereocenters. The number of fused-ring (bicyclic) bond motifs is 1. The molecule has 1 aliphatic heterocycles. The van der Waals surface area contributed by atoms with Crippen molar-refractivity contribution < 1.29 is 9.47 Å². The molecule has 0 aromatic heterocycles. The van der Waals surface area contributed by atoms with E-state index in [-0.39, 0.29) is 0 Å². The zero-order chi connectivity index (χ0) is 14.4. The van der Waals surface area contributed by atoms with Gasteiger partial charge in [0.25, 0.3) is 0 Å². The molecule has 0 saturated heterocycles. The maximum atomic E-state index is 5.75. The number of rotatable bonds is 6. The second-order valence-electron chi connectivity index (χ2n) is 6.28. The van der Waals surface area contributed by atoms with Crippen LogP contribution in [0.4, 0.5) is 0 Å². The molecule has 20 heavy (non-hydrogen) atoms. The van der Waals surface area contributed by atoms with Crippen LogP contribution in [0.5, 0.6) is 11.5 Å². The lowest BCUT2D eigenvalue weighted by atomic mass is 9.86. The van der Waals surface area contributed by atoms with Crippen LogP contribution in [0.25, 0.3) is 0 Å². The predicted octanol–water partition coefficient (Wildman–Crippen LogP) is 3.42. The first kappa shape index (κ1) is 15.2. The fourth-order valence-corrected chi connectivity index (χ4v) is 2.40. The first-order valence-electron chi connectivity index (χ1n) is 7.70. The molecule has 0 amide bonds. The molecule has 0 radical (unpaired) electrons. The zero-order valence-corrected chi connectivity index (χ0v) is 13.0. The molecule has 0 spiro atoms. The molecule has 1 aliphatic rings. The highest BCUT2D eigenvalue weighted by Crippen LogP contribution is 2.32. The molecule has 3 heteroatoms. The summed E-state index contributed by atoms with van der Waals surface area (Å²) in [5.74, 6) is 1.79. The minimum atomic E-state index is 0.320. The van der Waals surface area contributed by atoms with Crippen molar-refractivity contribution in [2.24, 2.45) is 5.41 Å². The summed E-state index contributed by atoms with van der Waals surface area (Å²) in [7, 11) is 0. The van der Waals surface area contributed by atoms with Gasteiger partial charge in [0.1, 0.15) is 0 Å². The van der Waals surface area contributed by atoms with E-state index in [9.17, 15) is 0 Å². The van der Waals surface area contributed by atoms with Gasteiger partial charge in [-0.1, -0.05) is 26.8 Å². The summed E-state index contributed by atoms with van der Waals surface area (Å²) in [6.07, 6.45) is 3.20. The van der Waals surface area contributed by atoms with Gasteiger partial charge in [0, 0.05) is 13.0 Å². The van der Waals surface area contributed by atoms with E-state index >= 15 is 0 Å². The van der Waals surface area contributed by atoms with E-state index in [1.54, 1.807) is 0 Å². The van der Waals surface area contributed by atoms with Crippen LogP contribution in [-0.4, -0.2) is 26.3 Å². The molecule has 0 saturated carbocycles. The SMILES string of the molecule is CCNCC(C)(C)CCc1ccc2c(c1)OCCCO2. The summed E-state index contributed by atoms with van der Waals surface area (Å²) in [6, 6.07) is 6.36. The van der Waals surface area contributed by atoms with Crippen LogP contribution in [0.15, 0.2) is 18.2 Å². The van der Waals surface area contributed by atoms with Crippen molar-refractivity contribution >= 4 is 0 Å². The molecule has 1 aromatic rings. The van der Waals surface area contributed by atoms with Crippen LogP contribution < -0.4 is 14.8 Å². The highest BCUT2D eigenvalue weighted by Gasteiger charge is 2.18. The summed E-state index contributed by atoms with van der Waals surface area (Å²) >= 11 is 0. The topological polar surface area (TPSA) is 30.5 Å². The average molecular weight is 277 g/mol. The van der Waals surface area contributed by atoms with E-state index in [2.05, 4.69) is 38.2 Å². The molecule has 1 aromatic carbocycles. The third-order valence-corrected chi connectivity index (χ3v) is 3.76. The molecule has 0 bridgehead atoms. The van der Waals surface area contributed by atoms with Crippen molar-refractivity contribution in [2.45, 2.75) is 40.0 Å². The molecule has 0 atom stereocenters. The van der Waals surface area contributed by atoms with E-state index in [0.717, 1.165) is 50.6 Å². The van der Waals surface area contributed by atoms with Crippen molar-refractivity contribution in [1.82, 2.24) is 5.32 Å². The fraction of sp³-hybridized carbons (Fsp3) is 0.647. The lowest BCUT2D eigenvalue weighted by molar-refractivity contribution is 0.296. The lowest BCUT2D eigenvalue weighted by Gasteiger charge is -2.25. The van der Waals surface area contributed by atoms with Crippen molar-refractivity contribution in [3.63, 3.8) is 0 Å². The van der Waals surface area contributed by atoms with Crippen molar-refractivity contribution in [2.75, 3.05) is 26.3 Å². The van der Waals surface area contributed by atoms with Gasteiger partial charge in [-0.05, 0) is 42.5 Å². The van der Waals surface area contributed by atoms with Gasteiger partial charge in [0.05, 0.1) is 13.2 Å². The van der Waals surface area contributed by atoms with Crippen LogP contribution in [0, 0.1) is 5.41 Å². The average Bonchev–Trinajstić information content (AvgIpc) is 2.68. The number of hydrogen-bond donors (Lipinski definition) is 1. The molecular weight excluding hydrogens is 250 g/mol. The first-order valence-corrected chi connectivity index (χ1v) is 7.70. The van der Waals surface area contributed by atoms with Crippen molar-refractivity contribution in [3.05, 3.63) is 23.8 Å². The molecule has 2 rings (SSSR count). The Kier molecular flexibility index (Phi) is 5.30. The first-order chi connectivity index (χ1) is 9.61. The highest BCUT2D eigenvalue weighted by atomic mass is 16.5. The number of ether oxygens (including phenoxy) is 2. The fourth-order valence-electron chi connectivity index (χ4n) is 2.40. The van der Waals surface area contributed by atoms with Gasteiger partial charge in [0.2, 0.25) is 0 Å². The highest BCUT2D eigenvalue weighted by molar-refractivity contribution is 5.43. The van der Waals surface area contributed by atoms with Crippen molar-refractivity contribution in [1.29, 1.82) is 0 Å². The number of aryl methyl sites for hydroxylation is 1. The van der Waals surface area contributed by atoms with Crippen molar-refractivity contribution in [3.8, 4) is 11.5 Å². The van der Waals surface area contributed by atoms with E-state index in [4.69, 9.17) is 9.47 Å². The van der Waals surface area contributed by atoms with Gasteiger partial charge in [-0.25, -0.2) is 0 Å². The van der Waals surface area contributed by atoms with E-state index < -0.39 is 0 Å². The third-order valence-electron chi connectivity index (χ3n) is 3.76. The van der Waals surface area contributed by atoms with Gasteiger partial charge >= 0.3 is 0 Å². The predicted molar refractivity (Wildman–Crippen MR) is 82.7 cm³/mol. The Morgan fingerprint density at radius 2 is 1.90 bits per heavy atom. The standard InChI is InChI=1S/C17H27NO2/c1-4-18-13-17(2,3)9-8-14-6-7-15-16(12-14)20-11-5-10-19-15/h6-7,12,18H,4-5,8-11,13H2,1-3H3. The maximum Gasteiger partial charge on any atom is 0.161 e. The second-order valence-corrected chi connectivity index (χ2v) is 6.28. The number of benzene rings is 1. The van der Waals surface area contributed by atoms with Gasteiger partial charge in [-0.3, -0.25) is 0 Å². The van der Waals surface area contributed by atoms with Gasteiger partial charge in [-0.2, -0.15) is 0 Å². The summed E-state index contributed by atoms with van der Waals surface area (Å²) in [4.78, 5) is 0. The number of nitrogens with one attached hydrogen (secondary N) is 1. The van der Waals surface area contributed by atoms with Crippen LogP contribution >= 0.6 is 0 Å². The normalized spacial score (nSPS) is 14.9. The lowest BCUT2D eigenvalue weighted by Crippen LogP contribution is -2.29. The maximum absolute atomic E-state index is 5.75. The van der Waals surface area contributed by atoms with Crippen LogP contribution in [0.2, 0.25) is 0 Å². The third kappa shape index (κ3) is 4.41. The molecular formula is C17H27NO2. The zero-order valence-electron chi connectivity index (χ0n) is 13.0. The monoisotopic (exact) mass is 277 g/mol. The second kappa shape index (κ2) is 6.98.